The smallest absolute Gasteiger partial charge is 0.407 e. The van der Waals surface area contributed by atoms with Crippen molar-refractivity contribution in [2.24, 2.45) is 0 Å². The predicted molar refractivity (Wildman–Crippen MR) is 90.8 cm³/mol. The molecule has 2 atom stereocenters. The zero-order chi connectivity index (χ0) is 18.4. The number of ether oxygens (including phenoxy) is 1. The topological polar surface area (TPSA) is 131 Å². The Kier molecular flexibility index (Phi) is 6.15. The zero-order valence-electron chi connectivity index (χ0n) is 13.4. The number of halogens is 1. The van der Waals surface area contributed by atoms with Crippen LogP contribution in [0.15, 0.2) is 42.5 Å². The average Bonchev–Trinajstić information content (AvgIpc) is 2.61. The van der Waals surface area contributed by atoms with Crippen LogP contribution in [0.2, 0.25) is 0 Å². The van der Waals surface area contributed by atoms with E-state index < -0.39 is 24.1 Å². The van der Waals surface area contributed by atoms with Crippen molar-refractivity contribution in [3.63, 3.8) is 0 Å². The number of nitrogen functional groups attached to an aromatic ring is 2. The lowest BCUT2D eigenvalue weighted by Gasteiger charge is -2.20. The van der Waals surface area contributed by atoms with Crippen LogP contribution in [0.1, 0.15) is 17.2 Å². The molecule has 25 heavy (non-hydrogen) atoms. The van der Waals surface area contributed by atoms with Gasteiger partial charge >= 0.3 is 6.09 Å². The van der Waals surface area contributed by atoms with Crippen molar-refractivity contribution in [3.05, 3.63) is 59.4 Å². The summed E-state index contributed by atoms with van der Waals surface area (Å²) in [6, 6.07) is 11.0. The number of benzene rings is 2. The summed E-state index contributed by atoms with van der Waals surface area (Å²) < 4.78 is 18.4. The fourth-order valence-electron chi connectivity index (χ4n) is 2.19. The standard InChI is InChI=1S/C17H20FN3O4/c18-11-6-12(15(20)13(19)7-11)16(23)14(22)8-21-17(24)25-9-10-4-2-1-3-5-10/h1-7,14,16,22-23H,8-9,19-20H2,(H,21,24). The highest BCUT2D eigenvalue weighted by Gasteiger charge is 2.23. The van der Waals surface area contributed by atoms with Gasteiger partial charge in [0.15, 0.2) is 0 Å². The summed E-state index contributed by atoms with van der Waals surface area (Å²) in [7, 11) is 0. The van der Waals surface area contributed by atoms with Crippen LogP contribution in [-0.2, 0) is 11.3 Å². The molecule has 0 saturated carbocycles. The molecule has 7 N–H and O–H groups in total. The van der Waals surface area contributed by atoms with Gasteiger partial charge in [0.1, 0.15) is 24.6 Å². The fraction of sp³-hybridized carbons (Fsp3) is 0.235. The molecule has 2 unspecified atom stereocenters. The largest absolute Gasteiger partial charge is 0.445 e. The Balaban J connectivity index is 1.87. The molecule has 2 aromatic rings. The fourth-order valence-corrected chi connectivity index (χ4v) is 2.19. The number of alkyl carbamates (subject to hydrolysis) is 1. The molecule has 0 saturated heterocycles. The van der Waals surface area contributed by atoms with Gasteiger partial charge in [-0.2, -0.15) is 0 Å². The van der Waals surface area contributed by atoms with Crippen LogP contribution in [0, 0.1) is 5.82 Å². The van der Waals surface area contributed by atoms with E-state index in [0.29, 0.717) is 0 Å². The third-order valence-electron chi connectivity index (χ3n) is 3.56. The molecule has 0 aliphatic carbocycles. The number of hydrogen-bond donors (Lipinski definition) is 5. The summed E-state index contributed by atoms with van der Waals surface area (Å²) in [4.78, 5) is 11.6. The highest BCUT2D eigenvalue weighted by Crippen LogP contribution is 2.29. The Labute approximate surface area is 144 Å². The third-order valence-corrected chi connectivity index (χ3v) is 3.56. The Bertz CT molecular complexity index is 727. The molecule has 2 aromatic carbocycles. The summed E-state index contributed by atoms with van der Waals surface area (Å²) in [5.74, 6) is -0.691. The van der Waals surface area contributed by atoms with Crippen LogP contribution < -0.4 is 16.8 Å². The Morgan fingerprint density at radius 2 is 1.88 bits per heavy atom. The van der Waals surface area contributed by atoms with Crippen LogP contribution in [0.5, 0.6) is 0 Å². The Morgan fingerprint density at radius 3 is 2.56 bits per heavy atom. The lowest BCUT2D eigenvalue weighted by atomic mass is 10.0. The number of nitrogens with two attached hydrogens (primary N) is 2. The number of nitrogens with one attached hydrogen (secondary N) is 1. The van der Waals surface area contributed by atoms with E-state index in [2.05, 4.69) is 5.32 Å². The number of carbonyl (C=O) groups excluding carboxylic acids is 1. The molecule has 134 valence electrons. The lowest BCUT2D eigenvalue weighted by Crippen LogP contribution is -2.36. The normalized spacial score (nSPS) is 13.1. The molecule has 7 nitrogen and oxygen atoms in total. The summed E-state index contributed by atoms with van der Waals surface area (Å²) in [5, 5.41) is 22.4. The quantitative estimate of drug-likeness (QED) is 0.500. The van der Waals surface area contributed by atoms with Gasteiger partial charge in [-0.05, 0) is 17.7 Å². The Hall–Kier alpha value is -2.84. The van der Waals surface area contributed by atoms with E-state index in [1.807, 2.05) is 18.2 Å². The third kappa shape index (κ3) is 5.07. The molecular weight excluding hydrogens is 329 g/mol. The van der Waals surface area contributed by atoms with Gasteiger partial charge in [0.2, 0.25) is 0 Å². The van der Waals surface area contributed by atoms with Gasteiger partial charge in [-0.15, -0.1) is 0 Å². The first-order valence-corrected chi connectivity index (χ1v) is 7.53. The van der Waals surface area contributed by atoms with Gasteiger partial charge in [0, 0.05) is 12.1 Å². The summed E-state index contributed by atoms with van der Waals surface area (Å²) in [5.41, 5.74) is 11.9. The van der Waals surface area contributed by atoms with Crippen molar-refractivity contribution < 1.29 is 24.1 Å². The van der Waals surface area contributed by atoms with E-state index >= 15 is 0 Å². The number of carbonyl (C=O) groups is 1. The number of amides is 1. The minimum Gasteiger partial charge on any atom is -0.445 e. The molecule has 1 amide bonds. The summed E-state index contributed by atoms with van der Waals surface area (Å²) >= 11 is 0. The minimum atomic E-state index is -1.52. The van der Waals surface area contributed by atoms with Crippen molar-refractivity contribution >= 4 is 17.5 Å². The van der Waals surface area contributed by atoms with E-state index in [1.54, 1.807) is 12.1 Å². The number of aliphatic hydroxyl groups is 2. The maximum atomic E-state index is 13.4. The van der Waals surface area contributed by atoms with Gasteiger partial charge in [-0.25, -0.2) is 9.18 Å². The van der Waals surface area contributed by atoms with Crippen molar-refractivity contribution in [3.8, 4) is 0 Å². The average molecular weight is 349 g/mol. The van der Waals surface area contributed by atoms with E-state index in [9.17, 15) is 19.4 Å². The summed E-state index contributed by atoms with van der Waals surface area (Å²) in [6.45, 7) is -0.247. The van der Waals surface area contributed by atoms with Crippen LogP contribution >= 0.6 is 0 Å². The van der Waals surface area contributed by atoms with Crippen molar-refractivity contribution in [2.45, 2.75) is 18.8 Å². The number of hydrogen-bond acceptors (Lipinski definition) is 6. The zero-order valence-corrected chi connectivity index (χ0v) is 13.4. The molecule has 0 aliphatic heterocycles. The van der Waals surface area contributed by atoms with Crippen molar-refractivity contribution in [2.75, 3.05) is 18.0 Å². The highest BCUT2D eigenvalue weighted by molar-refractivity contribution is 5.68. The first-order chi connectivity index (χ1) is 11.9. The van der Waals surface area contributed by atoms with Crippen molar-refractivity contribution in [1.82, 2.24) is 5.32 Å². The number of anilines is 2. The molecule has 0 radical (unpaired) electrons. The summed E-state index contributed by atoms with van der Waals surface area (Å²) in [6.07, 6.45) is -3.71. The first-order valence-electron chi connectivity index (χ1n) is 7.53. The predicted octanol–water partition coefficient (Wildman–Crippen LogP) is 1.31. The van der Waals surface area contributed by atoms with Gasteiger partial charge in [-0.1, -0.05) is 30.3 Å². The lowest BCUT2D eigenvalue weighted by molar-refractivity contribution is 0.0187. The first kappa shape index (κ1) is 18.5. The minimum absolute atomic E-state index is 0.0281. The molecule has 0 spiro atoms. The van der Waals surface area contributed by atoms with Gasteiger partial charge in [0.25, 0.3) is 0 Å². The van der Waals surface area contributed by atoms with E-state index in [1.165, 1.54) is 0 Å². The van der Waals surface area contributed by atoms with E-state index in [-0.39, 0.29) is 30.1 Å². The van der Waals surface area contributed by atoms with Gasteiger partial charge in [0.05, 0.1) is 11.4 Å². The van der Waals surface area contributed by atoms with Crippen LogP contribution in [0.4, 0.5) is 20.6 Å². The maximum absolute atomic E-state index is 13.4. The van der Waals surface area contributed by atoms with E-state index in [0.717, 1.165) is 17.7 Å². The maximum Gasteiger partial charge on any atom is 0.407 e. The Morgan fingerprint density at radius 1 is 1.20 bits per heavy atom. The monoisotopic (exact) mass is 349 g/mol. The molecule has 0 heterocycles. The molecule has 0 bridgehead atoms. The molecule has 0 aliphatic rings. The number of aliphatic hydroxyl groups excluding tert-OH is 2. The van der Waals surface area contributed by atoms with Crippen LogP contribution in [-0.4, -0.2) is 29.0 Å². The SMILES string of the molecule is Nc1cc(F)cc(C(O)C(O)CNC(=O)OCc2ccccc2)c1N. The molecular formula is C17H20FN3O4. The molecule has 0 fully saturated rings. The van der Waals surface area contributed by atoms with Crippen LogP contribution in [0.3, 0.4) is 0 Å². The second kappa shape index (κ2) is 8.32. The van der Waals surface area contributed by atoms with E-state index in [4.69, 9.17) is 16.2 Å². The molecule has 0 aromatic heterocycles. The van der Waals surface area contributed by atoms with Gasteiger partial charge in [-0.3, -0.25) is 0 Å². The van der Waals surface area contributed by atoms with Crippen molar-refractivity contribution in [1.29, 1.82) is 0 Å². The second-order valence-corrected chi connectivity index (χ2v) is 5.45. The molecule has 2 rings (SSSR count). The van der Waals surface area contributed by atoms with Gasteiger partial charge < -0.3 is 31.7 Å². The highest BCUT2D eigenvalue weighted by atomic mass is 19.1. The molecule has 8 heteroatoms. The second-order valence-electron chi connectivity index (χ2n) is 5.45. The van der Waals surface area contributed by atoms with Crippen LogP contribution in [0.25, 0.3) is 0 Å². The number of rotatable bonds is 6.